The van der Waals surface area contributed by atoms with E-state index in [1.165, 1.54) is 6.07 Å². The van der Waals surface area contributed by atoms with E-state index in [1.54, 1.807) is 25.3 Å². The number of rotatable bonds is 5. The van der Waals surface area contributed by atoms with Crippen molar-refractivity contribution in [2.24, 2.45) is 11.7 Å². The summed E-state index contributed by atoms with van der Waals surface area (Å²) in [6, 6.07) is 6.64. The van der Waals surface area contributed by atoms with Gasteiger partial charge in [-0.25, -0.2) is 4.39 Å². The molecule has 1 saturated heterocycles. The predicted octanol–water partition coefficient (Wildman–Crippen LogP) is 1.64. The quantitative estimate of drug-likeness (QED) is 0.652. The Labute approximate surface area is 112 Å². The number of hydrogen-bond acceptors (Lipinski definition) is 4. The van der Waals surface area contributed by atoms with Gasteiger partial charge in [0.2, 0.25) is 0 Å². The van der Waals surface area contributed by atoms with E-state index < -0.39 is 5.54 Å². The molecular formula is C14H20FNO3. The number of benzene rings is 1. The minimum Gasteiger partial charge on any atom is -0.381 e. The second-order valence-corrected chi connectivity index (χ2v) is 4.82. The molecule has 4 nitrogen and oxygen atoms in total. The number of halogens is 1. The van der Waals surface area contributed by atoms with Crippen LogP contribution in [0.25, 0.3) is 0 Å². The molecule has 0 spiro atoms. The van der Waals surface area contributed by atoms with Gasteiger partial charge in [-0.15, -0.1) is 0 Å². The molecule has 0 aromatic heterocycles. The van der Waals surface area contributed by atoms with Crippen molar-refractivity contribution in [2.75, 3.05) is 33.7 Å². The Morgan fingerprint density at radius 1 is 1.47 bits per heavy atom. The van der Waals surface area contributed by atoms with E-state index in [9.17, 15) is 4.39 Å². The van der Waals surface area contributed by atoms with E-state index in [0.29, 0.717) is 31.8 Å². The molecule has 0 radical (unpaired) electrons. The Morgan fingerprint density at radius 2 is 2.26 bits per heavy atom. The number of methoxy groups -OCH3 is 1. The maximum Gasteiger partial charge on any atom is 0.146 e. The molecule has 1 aromatic rings. The van der Waals surface area contributed by atoms with Gasteiger partial charge in [0, 0.05) is 25.2 Å². The van der Waals surface area contributed by atoms with Crippen LogP contribution in [0, 0.1) is 11.7 Å². The lowest BCUT2D eigenvalue weighted by Crippen LogP contribution is -2.52. The average molecular weight is 269 g/mol. The largest absolute Gasteiger partial charge is 0.381 e. The molecule has 0 amide bonds. The normalized spacial score (nSPS) is 27.4. The van der Waals surface area contributed by atoms with Crippen LogP contribution in [0.4, 0.5) is 4.39 Å². The van der Waals surface area contributed by atoms with Crippen molar-refractivity contribution in [3.8, 4) is 0 Å². The second-order valence-electron chi connectivity index (χ2n) is 4.82. The Kier molecular flexibility index (Phi) is 4.87. The summed E-state index contributed by atoms with van der Waals surface area (Å²) in [6.45, 7) is 1.59. The zero-order valence-corrected chi connectivity index (χ0v) is 11.1. The van der Waals surface area contributed by atoms with Gasteiger partial charge in [0.1, 0.15) is 12.6 Å². The lowest BCUT2D eigenvalue weighted by Gasteiger charge is -2.41. The molecule has 106 valence electrons. The first-order chi connectivity index (χ1) is 9.18. The summed E-state index contributed by atoms with van der Waals surface area (Å²) in [5.41, 5.74) is 6.25. The molecule has 2 N–H and O–H groups in total. The number of ether oxygens (including phenoxy) is 3. The maximum atomic E-state index is 14.0. The van der Waals surface area contributed by atoms with Crippen LogP contribution in [0.1, 0.15) is 12.0 Å². The van der Waals surface area contributed by atoms with Gasteiger partial charge < -0.3 is 19.9 Å². The zero-order chi connectivity index (χ0) is 13.7. The molecule has 1 fully saturated rings. The van der Waals surface area contributed by atoms with Gasteiger partial charge in [-0.3, -0.25) is 0 Å². The fraction of sp³-hybridized carbons (Fsp3) is 0.571. The van der Waals surface area contributed by atoms with Crippen LogP contribution in [0.3, 0.4) is 0 Å². The summed E-state index contributed by atoms with van der Waals surface area (Å²) >= 11 is 0. The van der Waals surface area contributed by atoms with Crippen molar-refractivity contribution in [3.05, 3.63) is 35.6 Å². The first-order valence-corrected chi connectivity index (χ1v) is 6.37. The van der Waals surface area contributed by atoms with Gasteiger partial charge in [0.25, 0.3) is 0 Å². The summed E-state index contributed by atoms with van der Waals surface area (Å²) < 4.78 is 29.7. The zero-order valence-electron chi connectivity index (χ0n) is 11.1. The first kappa shape index (κ1) is 14.4. The lowest BCUT2D eigenvalue weighted by molar-refractivity contribution is -0.0868. The molecule has 5 heteroatoms. The molecule has 1 aliphatic rings. The fourth-order valence-electron chi connectivity index (χ4n) is 2.48. The van der Waals surface area contributed by atoms with Crippen LogP contribution in [-0.4, -0.2) is 33.7 Å². The summed E-state index contributed by atoms with van der Waals surface area (Å²) in [6.07, 6.45) is 0.578. The minimum absolute atomic E-state index is 0.0895. The van der Waals surface area contributed by atoms with E-state index in [1.807, 2.05) is 0 Å². The first-order valence-electron chi connectivity index (χ1n) is 6.37. The van der Waals surface area contributed by atoms with Crippen molar-refractivity contribution in [1.29, 1.82) is 0 Å². The Balaban J connectivity index is 2.19. The molecule has 1 aromatic carbocycles. The topological polar surface area (TPSA) is 53.7 Å². The molecule has 2 rings (SSSR count). The highest BCUT2D eigenvalue weighted by Gasteiger charge is 2.41. The summed E-state index contributed by atoms with van der Waals surface area (Å²) in [5.74, 6) is -0.364. The van der Waals surface area contributed by atoms with Gasteiger partial charge in [0.05, 0.1) is 18.8 Å². The van der Waals surface area contributed by atoms with E-state index in [2.05, 4.69) is 0 Å². The summed E-state index contributed by atoms with van der Waals surface area (Å²) in [4.78, 5) is 0. The third-order valence-corrected chi connectivity index (χ3v) is 3.60. The maximum absolute atomic E-state index is 14.0. The fourth-order valence-corrected chi connectivity index (χ4v) is 2.48. The molecule has 1 heterocycles. The molecule has 19 heavy (non-hydrogen) atoms. The molecule has 1 aliphatic heterocycles. The van der Waals surface area contributed by atoms with Crippen LogP contribution >= 0.6 is 0 Å². The van der Waals surface area contributed by atoms with Crippen molar-refractivity contribution >= 4 is 0 Å². The summed E-state index contributed by atoms with van der Waals surface area (Å²) in [7, 11) is 1.56. The second kappa shape index (κ2) is 6.43. The smallest absolute Gasteiger partial charge is 0.146 e. The Bertz CT molecular complexity index is 415. The van der Waals surface area contributed by atoms with E-state index in [-0.39, 0.29) is 18.5 Å². The van der Waals surface area contributed by atoms with Gasteiger partial charge in [-0.2, -0.15) is 0 Å². The standard InChI is InChI=1S/C14H20FNO3/c1-17-10-19-9-11-8-18-7-6-14(11,16)12-4-2-3-5-13(12)15/h2-5,11H,6-10,16H2,1H3/t11-,14+/m1/s1. The molecule has 0 aliphatic carbocycles. The van der Waals surface area contributed by atoms with Crippen LogP contribution in [-0.2, 0) is 19.7 Å². The predicted molar refractivity (Wildman–Crippen MR) is 69.0 cm³/mol. The van der Waals surface area contributed by atoms with Crippen molar-refractivity contribution in [1.82, 2.24) is 0 Å². The van der Waals surface area contributed by atoms with Crippen LogP contribution in [0.2, 0.25) is 0 Å². The highest BCUT2D eigenvalue weighted by Crippen LogP contribution is 2.35. The van der Waals surface area contributed by atoms with E-state index >= 15 is 0 Å². The third kappa shape index (κ3) is 3.12. The minimum atomic E-state index is -0.753. The Morgan fingerprint density at radius 3 is 3.00 bits per heavy atom. The van der Waals surface area contributed by atoms with Crippen LogP contribution in [0.5, 0.6) is 0 Å². The molecule has 2 atom stereocenters. The molecular weight excluding hydrogens is 249 g/mol. The monoisotopic (exact) mass is 269 g/mol. The van der Waals surface area contributed by atoms with E-state index in [4.69, 9.17) is 19.9 Å². The highest BCUT2D eigenvalue weighted by atomic mass is 19.1. The van der Waals surface area contributed by atoms with Crippen LogP contribution < -0.4 is 5.73 Å². The van der Waals surface area contributed by atoms with Crippen molar-refractivity contribution in [3.63, 3.8) is 0 Å². The molecule has 0 saturated carbocycles. The summed E-state index contributed by atoms with van der Waals surface area (Å²) in [5, 5.41) is 0. The lowest BCUT2D eigenvalue weighted by atomic mass is 9.75. The van der Waals surface area contributed by atoms with Crippen molar-refractivity contribution in [2.45, 2.75) is 12.0 Å². The van der Waals surface area contributed by atoms with Gasteiger partial charge in [-0.1, -0.05) is 18.2 Å². The van der Waals surface area contributed by atoms with Gasteiger partial charge in [0.15, 0.2) is 0 Å². The SMILES string of the molecule is COCOC[C@H]1COCC[C@@]1(N)c1ccccc1F. The van der Waals surface area contributed by atoms with E-state index in [0.717, 1.165) is 0 Å². The average Bonchev–Trinajstić information content (AvgIpc) is 2.42. The molecule has 0 unspecified atom stereocenters. The van der Waals surface area contributed by atoms with Gasteiger partial charge >= 0.3 is 0 Å². The van der Waals surface area contributed by atoms with Crippen molar-refractivity contribution < 1.29 is 18.6 Å². The number of hydrogen-bond donors (Lipinski definition) is 1. The van der Waals surface area contributed by atoms with Crippen LogP contribution in [0.15, 0.2) is 24.3 Å². The van der Waals surface area contributed by atoms with Gasteiger partial charge in [-0.05, 0) is 12.5 Å². The highest BCUT2D eigenvalue weighted by molar-refractivity contribution is 5.27. The Hall–Kier alpha value is -1.01. The third-order valence-electron chi connectivity index (χ3n) is 3.60. The molecule has 0 bridgehead atoms. The number of nitrogens with two attached hydrogens (primary N) is 1.